The zero-order chi connectivity index (χ0) is 9.97. The molecule has 4 heteroatoms. The van der Waals surface area contributed by atoms with E-state index in [9.17, 15) is 4.79 Å². The van der Waals surface area contributed by atoms with E-state index in [1.165, 1.54) is 0 Å². The van der Waals surface area contributed by atoms with E-state index in [-0.39, 0.29) is 5.70 Å². The molecular weight excluding hydrogens is 180 g/mol. The molecule has 1 aliphatic heterocycles. The average molecular weight is 190 g/mol. The molecule has 0 atom stereocenters. The van der Waals surface area contributed by atoms with E-state index < -0.39 is 5.97 Å². The molecule has 0 bridgehead atoms. The highest BCUT2D eigenvalue weighted by Gasteiger charge is 2.20. The Morgan fingerprint density at radius 2 is 2.00 bits per heavy atom. The Morgan fingerprint density at radius 1 is 1.29 bits per heavy atom. The van der Waals surface area contributed by atoms with Crippen LogP contribution in [0.25, 0.3) is 5.57 Å². The highest BCUT2D eigenvalue weighted by atomic mass is 16.4. The van der Waals surface area contributed by atoms with Crippen molar-refractivity contribution in [1.29, 1.82) is 0 Å². The molecule has 1 aromatic carbocycles. The van der Waals surface area contributed by atoms with Crippen LogP contribution in [-0.4, -0.2) is 17.6 Å². The van der Waals surface area contributed by atoms with Crippen LogP contribution >= 0.6 is 0 Å². The summed E-state index contributed by atoms with van der Waals surface area (Å²) < 4.78 is 0. The molecule has 0 unspecified atom stereocenters. The van der Waals surface area contributed by atoms with Gasteiger partial charge in [-0.05, 0) is 5.56 Å². The molecule has 0 saturated carbocycles. The summed E-state index contributed by atoms with van der Waals surface area (Å²) >= 11 is 0. The number of carboxylic acids is 1. The van der Waals surface area contributed by atoms with Gasteiger partial charge >= 0.3 is 5.97 Å². The first-order valence-corrected chi connectivity index (χ1v) is 4.30. The van der Waals surface area contributed by atoms with E-state index in [4.69, 9.17) is 5.11 Å². The van der Waals surface area contributed by atoms with E-state index in [2.05, 4.69) is 10.9 Å². The third-order valence-electron chi connectivity index (χ3n) is 2.12. The van der Waals surface area contributed by atoms with Gasteiger partial charge in [0, 0.05) is 12.1 Å². The normalized spacial score (nSPS) is 15.4. The Hall–Kier alpha value is -1.81. The molecule has 72 valence electrons. The van der Waals surface area contributed by atoms with E-state index in [0.29, 0.717) is 6.54 Å². The first kappa shape index (κ1) is 8.77. The lowest BCUT2D eigenvalue weighted by molar-refractivity contribution is -0.133. The van der Waals surface area contributed by atoms with Crippen LogP contribution in [-0.2, 0) is 4.79 Å². The molecule has 0 saturated heterocycles. The fourth-order valence-corrected chi connectivity index (χ4v) is 1.45. The summed E-state index contributed by atoms with van der Waals surface area (Å²) in [6.45, 7) is 0.533. The maximum atomic E-state index is 10.8. The van der Waals surface area contributed by atoms with Crippen molar-refractivity contribution in [2.45, 2.75) is 0 Å². The fraction of sp³-hybridized carbons (Fsp3) is 0.100. The van der Waals surface area contributed by atoms with E-state index in [0.717, 1.165) is 11.1 Å². The molecule has 0 aliphatic carbocycles. The number of aliphatic carboxylic acids is 1. The molecule has 0 aromatic heterocycles. The van der Waals surface area contributed by atoms with Crippen molar-refractivity contribution in [2.24, 2.45) is 0 Å². The van der Waals surface area contributed by atoms with Gasteiger partial charge in [0.25, 0.3) is 0 Å². The Labute approximate surface area is 81.2 Å². The monoisotopic (exact) mass is 190 g/mol. The van der Waals surface area contributed by atoms with Crippen LogP contribution in [0.1, 0.15) is 5.56 Å². The molecular formula is C10H10N2O2. The van der Waals surface area contributed by atoms with Gasteiger partial charge in [-0.1, -0.05) is 30.3 Å². The Kier molecular flexibility index (Phi) is 2.20. The standard InChI is InChI=1S/C10H10N2O2/c13-10(14)9-8(6-11-12-9)7-4-2-1-3-5-7/h1-5,11-12H,6H2,(H,13,14). The highest BCUT2D eigenvalue weighted by molar-refractivity contribution is 5.97. The minimum absolute atomic E-state index is 0.233. The van der Waals surface area contributed by atoms with Gasteiger partial charge in [-0.3, -0.25) is 0 Å². The number of rotatable bonds is 2. The number of hydrogen-bond acceptors (Lipinski definition) is 3. The highest BCUT2D eigenvalue weighted by Crippen LogP contribution is 2.19. The van der Waals surface area contributed by atoms with Gasteiger partial charge in [0.1, 0.15) is 5.70 Å². The predicted octanol–water partition coefficient (Wildman–Crippen LogP) is 0.590. The second-order valence-electron chi connectivity index (χ2n) is 3.00. The molecule has 1 heterocycles. The van der Waals surface area contributed by atoms with Crippen molar-refractivity contribution in [1.82, 2.24) is 10.9 Å². The molecule has 2 rings (SSSR count). The van der Waals surface area contributed by atoms with Crippen molar-refractivity contribution in [2.75, 3.05) is 6.54 Å². The van der Waals surface area contributed by atoms with Gasteiger partial charge in [0.2, 0.25) is 0 Å². The number of carboxylic acid groups (broad SMARTS) is 1. The van der Waals surface area contributed by atoms with E-state index >= 15 is 0 Å². The van der Waals surface area contributed by atoms with Gasteiger partial charge in [-0.15, -0.1) is 0 Å². The SMILES string of the molecule is O=C(O)C1=C(c2ccccc2)CNN1. The lowest BCUT2D eigenvalue weighted by atomic mass is 10.1. The maximum absolute atomic E-state index is 10.8. The van der Waals surface area contributed by atoms with Gasteiger partial charge in [0.05, 0.1) is 0 Å². The van der Waals surface area contributed by atoms with Crippen molar-refractivity contribution in [3.05, 3.63) is 41.6 Å². The number of hydrazine groups is 1. The van der Waals surface area contributed by atoms with Crippen LogP contribution in [0.4, 0.5) is 0 Å². The van der Waals surface area contributed by atoms with Gasteiger partial charge in [-0.25, -0.2) is 10.2 Å². The van der Waals surface area contributed by atoms with Crippen LogP contribution in [0.15, 0.2) is 36.0 Å². The number of benzene rings is 1. The van der Waals surface area contributed by atoms with Crippen LogP contribution < -0.4 is 10.9 Å². The Balaban J connectivity index is 2.43. The molecule has 0 radical (unpaired) electrons. The quantitative estimate of drug-likeness (QED) is 0.638. The molecule has 14 heavy (non-hydrogen) atoms. The summed E-state index contributed by atoms with van der Waals surface area (Å²) in [7, 11) is 0. The molecule has 1 aromatic rings. The topological polar surface area (TPSA) is 61.4 Å². The Bertz CT molecular complexity index is 384. The zero-order valence-corrected chi connectivity index (χ0v) is 7.45. The van der Waals surface area contributed by atoms with E-state index in [1.807, 2.05) is 30.3 Å². The predicted molar refractivity (Wildman–Crippen MR) is 52.1 cm³/mol. The summed E-state index contributed by atoms with van der Waals surface area (Å²) in [4.78, 5) is 10.8. The molecule has 0 amide bonds. The molecule has 4 nitrogen and oxygen atoms in total. The van der Waals surface area contributed by atoms with Gasteiger partial charge < -0.3 is 10.5 Å². The van der Waals surface area contributed by atoms with Crippen LogP contribution in [0, 0.1) is 0 Å². The van der Waals surface area contributed by atoms with Crippen molar-refractivity contribution >= 4 is 11.5 Å². The molecule has 0 fully saturated rings. The molecule has 3 N–H and O–H groups in total. The van der Waals surface area contributed by atoms with Gasteiger partial charge in [0.15, 0.2) is 0 Å². The summed E-state index contributed by atoms with van der Waals surface area (Å²) in [6, 6.07) is 9.47. The first-order valence-electron chi connectivity index (χ1n) is 4.30. The number of nitrogens with one attached hydrogen (secondary N) is 2. The second-order valence-corrected chi connectivity index (χ2v) is 3.00. The van der Waals surface area contributed by atoms with Crippen molar-refractivity contribution in [3.63, 3.8) is 0 Å². The van der Waals surface area contributed by atoms with E-state index in [1.54, 1.807) is 0 Å². The third-order valence-corrected chi connectivity index (χ3v) is 2.12. The average Bonchev–Trinajstić information content (AvgIpc) is 2.67. The zero-order valence-electron chi connectivity index (χ0n) is 7.45. The largest absolute Gasteiger partial charge is 0.477 e. The number of hydrogen-bond donors (Lipinski definition) is 3. The van der Waals surface area contributed by atoms with Crippen LogP contribution in [0.3, 0.4) is 0 Å². The molecule has 1 aliphatic rings. The Morgan fingerprint density at radius 3 is 2.64 bits per heavy atom. The van der Waals surface area contributed by atoms with Crippen LogP contribution in [0.2, 0.25) is 0 Å². The maximum Gasteiger partial charge on any atom is 0.353 e. The van der Waals surface area contributed by atoms with Crippen molar-refractivity contribution in [3.8, 4) is 0 Å². The summed E-state index contributed by atoms with van der Waals surface area (Å²) in [5, 5.41) is 8.88. The molecule has 0 spiro atoms. The summed E-state index contributed by atoms with van der Waals surface area (Å²) in [5.41, 5.74) is 7.39. The van der Waals surface area contributed by atoms with Gasteiger partial charge in [-0.2, -0.15) is 0 Å². The minimum atomic E-state index is -0.936. The summed E-state index contributed by atoms with van der Waals surface area (Å²) in [5.74, 6) is -0.936. The third kappa shape index (κ3) is 1.47. The fourth-order valence-electron chi connectivity index (χ4n) is 1.45. The minimum Gasteiger partial charge on any atom is -0.477 e. The second kappa shape index (κ2) is 3.51. The van der Waals surface area contributed by atoms with Crippen molar-refractivity contribution < 1.29 is 9.90 Å². The smallest absolute Gasteiger partial charge is 0.353 e. The van der Waals surface area contributed by atoms with Crippen LogP contribution in [0.5, 0.6) is 0 Å². The summed E-state index contributed by atoms with van der Waals surface area (Å²) in [6.07, 6.45) is 0. The number of carbonyl (C=O) groups is 1. The lowest BCUT2D eigenvalue weighted by Gasteiger charge is -2.01. The first-order chi connectivity index (χ1) is 6.79. The lowest BCUT2D eigenvalue weighted by Crippen LogP contribution is -2.26.